The minimum Gasteiger partial charge on any atom is -0.496 e. The largest absolute Gasteiger partial charge is 0.496 e. The fraction of sp³-hybridized carbons (Fsp3) is 0.296. The molecule has 0 aromatic heterocycles. The third kappa shape index (κ3) is 3.50. The number of fused-ring (bicyclic) bond motifs is 2. The number of hydrogen-bond donors (Lipinski definition) is 1. The molecule has 13 nitrogen and oxygen atoms in total. The molecule has 0 spiro atoms. The van der Waals surface area contributed by atoms with Crippen LogP contribution in [0.15, 0.2) is 33.9 Å². The fourth-order valence-electron chi connectivity index (χ4n) is 5.24. The molecule has 3 aliphatic heterocycles. The van der Waals surface area contributed by atoms with E-state index < -0.39 is 34.8 Å². The van der Waals surface area contributed by atoms with Crippen molar-refractivity contribution in [2.24, 2.45) is 7.05 Å². The van der Waals surface area contributed by atoms with E-state index in [9.17, 15) is 24.0 Å². The first-order chi connectivity index (χ1) is 18.9. The average Bonchev–Trinajstić information content (AvgIpc) is 3.14. The van der Waals surface area contributed by atoms with Crippen LogP contribution in [0.2, 0.25) is 0 Å². The maximum atomic E-state index is 13.3. The second kappa shape index (κ2) is 9.00. The molecule has 0 aliphatic carbocycles. The third-order valence-corrected chi connectivity index (χ3v) is 7.09. The quantitative estimate of drug-likeness (QED) is 0.292. The first-order valence-corrected chi connectivity index (χ1v) is 12.2. The van der Waals surface area contributed by atoms with Crippen molar-refractivity contribution >= 4 is 28.9 Å². The zero-order valence-electron chi connectivity index (χ0n) is 22.9. The Bertz CT molecular complexity index is 1850. The topological polar surface area (TPSA) is 155 Å². The highest BCUT2D eigenvalue weighted by molar-refractivity contribution is 6.17. The van der Waals surface area contributed by atoms with Gasteiger partial charge in [-0.15, -0.1) is 0 Å². The number of rotatable bonds is 4. The van der Waals surface area contributed by atoms with Gasteiger partial charge in [-0.3, -0.25) is 23.5 Å². The van der Waals surface area contributed by atoms with Gasteiger partial charge < -0.3 is 14.8 Å². The van der Waals surface area contributed by atoms with Crippen LogP contribution < -0.4 is 21.3 Å². The van der Waals surface area contributed by atoms with Crippen LogP contribution in [0.5, 0.6) is 5.75 Å². The number of carbonyl (C=O) groups excluding carboxylic acids is 3. The lowest BCUT2D eigenvalue weighted by atomic mass is 9.90. The van der Waals surface area contributed by atoms with Gasteiger partial charge in [0.25, 0.3) is 23.0 Å². The number of carbonyl (C=O) groups is 3. The van der Waals surface area contributed by atoms with Crippen LogP contribution in [-0.2, 0) is 27.0 Å². The van der Waals surface area contributed by atoms with Crippen LogP contribution in [0, 0.1) is 20.8 Å². The monoisotopic (exact) mass is 546 g/mol. The molecule has 2 aromatic rings. The van der Waals surface area contributed by atoms with E-state index in [1.54, 1.807) is 4.57 Å². The molecular formula is C27H26N6O7. The molecular weight excluding hydrogens is 520 g/mol. The highest BCUT2D eigenvalue weighted by Crippen LogP contribution is 2.42. The van der Waals surface area contributed by atoms with Crippen molar-refractivity contribution in [2.75, 3.05) is 21.2 Å². The van der Waals surface area contributed by atoms with Gasteiger partial charge in [0.2, 0.25) is 0 Å². The fourth-order valence-corrected chi connectivity index (χ4v) is 5.24. The predicted octanol–water partition coefficient (Wildman–Crippen LogP) is 1.07. The van der Waals surface area contributed by atoms with Gasteiger partial charge >= 0.3 is 11.8 Å². The van der Waals surface area contributed by atoms with Crippen LogP contribution in [-0.4, -0.2) is 63.1 Å². The molecule has 1 atom stereocenters. The second-order valence-corrected chi connectivity index (χ2v) is 9.66. The van der Waals surface area contributed by atoms with Crippen LogP contribution in [0.3, 0.4) is 0 Å². The summed E-state index contributed by atoms with van der Waals surface area (Å²) in [5, 5.41) is 2.38. The number of nitrogens with one attached hydrogen (secondary N) is 1. The Labute approximate surface area is 227 Å². The number of benzene rings is 2. The van der Waals surface area contributed by atoms with Crippen LogP contribution >= 0.6 is 0 Å². The lowest BCUT2D eigenvalue weighted by Crippen LogP contribution is -2.49. The van der Waals surface area contributed by atoms with Crippen LogP contribution in [0.25, 0.3) is 28.2 Å². The molecule has 5 rings (SSSR count). The summed E-state index contributed by atoms with van der Waals surface area (Å²) in [4.78, 5) is 74.3. The molecule has 3 aliphatic rings. The molecule has 1 N–H and O–H groups in total. The number of methoxy groups -OCH3 is 1. The summed E-state index contributed by atoms with van der Waals surface area (Å²) < 4.78 is 13.5. The van der Waals surface area contributed by atoms with E-state index in [2.05, 4.69) is 15.3 Å². The van der Waals surface area contributed by atoms with E-state index in [0.717, 1.165) is 21.3 Å². The summed E-state index contributed by atoms with van der Waals surface area (Å²) in [7, 11) is 5.12. The molecule has 0 radical (unpaired) electrons. The van der Waals surface area contributed by atoms with E-state index in [-0.39, 0.29) is 28.3 Å². The standard InChI is InChI=1S/C27H26N6O7/c1-12-8-13(2)20(14(3)9-12)33-17-11-18(39-7)15(27(23(35)28-4)24(36)32(6)26(38)40-27)10-16(17)29-19-21(33)30-25(37)31(5)22(19)34/h8-11H,1-7H3,(H,28,35). The van der Waals surface area contributed by atoms with Gasteiger partial charge in [-0.2, -0.15) is 4.98 Å². The minimum absolute atomic E-state index is 0.0228. The third-order valence-electron chi connectivity index (χ3n) is 7.09. The summed E-state index contributed by atoms with van der Waals surface area (Å²) in [5.74, 6) is -1.78. The zero-order chi connectivity index (χ0) is 29.3. The highest BCUT2D eigenvalue weighted by atomic mass is 16.6. The van der Waals surface area contributed by atoms with E-state index >= 15 is 0 Å². The molecule has 13 heteroatoms. The first kappa shape index (κ1) is 26.5. The van der Waals surface area contributed by atoms with Crippen molar-refractivity contribution in [3.05, 3.63) is 67.4 Å². The van der Waals surface area contributed by atoms with Crippen molar-refractivity contribution in [3.63, 3.8) is 0 Å². The molecule has 3 amide bonds. The van der Waals surface area contributed by atoms with Gasteiger partial charge in [-0.1, -0.05) is 17.7 Å². The molecule has 206 valence electrons. The van der Waals surface area contributed by atoms with Gasteiger partial charge in [0.05, 0.1) is 29.4 Å². The number of likely N-dealkylation sites (N-methyl/N-ethyl adjacent to an activating group) is 2. The maximum Gasteiger partial charge on any atom is 0.418 e. The van der Waals surface area contributed by atoms with Gasteiger partial charge in [-0.25, -0.2) is 19.5 Å². The van der Waals surface area contributed by atoms with Gasteiger partial charge in [0.15, 0.2) is 11.5 Å². The lowest BCUT2D eigenvalue weighted by molar-refractivity contribution is -0.150. The summed E-state index contributed by atoms with van der Waals surface area (Å²) in [6.07, 6.45) is -1.02. The van der Waals surface area contributed by atoms with Gasteiger partial charge in [0.1, 0.15) is 5.75 Å². The number of hydrogen-bond acceptors (Lipinski definition) is 9. The molecule has 2 aromatic carbocycles. The molecule has 1 fully saturated rings. The number of nitrogens with zero attached hydrogens (tertiary/aromatic N) is 5. The van der Waals surface area contributed by atoms with Crippen molar-refractivity contribution in [1.29, 1.82) is 0 Å². The number of cyclic esters (lactones) is 1. The molecule has 1 saturated heterocycles. The summed E-state index contributed by atoms with van der Waals surface area (Å²) in [5.41, 5.74) is -0.220. The number of amides is 3. The van der Waals surface area contributed by atoms with E-state index in [0.29, 0.717) is 16.1 Å². The summed E-state index contributed by atoms with van der Waals surface area (Å²) in [6, 6.07) is 6.77. The SMILES string of the molecule is CNC(=O)C1(c2cc3nc4c(=O)n(C)c(=O)nc-4n(-c4c(C)cc(C)cc4C)c3cc2OC)OC(=O)N(C)C1=O. The molecule has 0 bridgehead atoms. The first-order valence-electron chi connectivity index (χ1n) is 12.2. The van der Waals surface area contributed by atoms with E-state index in [4.69, 9.17) is 9.47 Å². The van der Waals surface area contributed by atoms with Crippen molar-refractivity contribution < 1.29 is 23.9 Å². The number of aryl methyl sites for hydroxylation is 3. The lowest BCUT2D eigenvalue weighted by Gasteiger charge is -2.27. The van der Waals surface area contributed by atoms with Crippen molar-refractivity contribution in [2.45, 2.75) is 26.4 Å². The molecule has 3 heterocycles. The number of ether oxygens (including phenoxy) is 2. The molecule has 0 saturated carbocycles. The Hall–Kier alpha value is -5.07. The van der Waals surface area contributed by atoms with Crippen LogP contribution in [0.4, 0.5) is 4.79 Å². The summed E-state index contributed by atoms with van der Waals surface area (Å²) >= 11 is 0. The van der Waals surface area contributed by atoms with Crippen LogP contribution in [0.1, 0.15) is 22.3 Å². The number of imide groups is 1. The van der Waals surface area contributed by atoms with Crippen molar-refractivity contribution in [3.8, 4) is 23.0 Å². The Morgan fingerprint density at radius 2 is 1.65 bits per heavy atom. The second-order valence-electron chi connectivity index (χ2n) is 9.66. The van der Waals surface area contributed by atoms with E-state index in [1.807, 2.05) is 32.9 Å². The smallest absolute Gasteiger partial charge is 0.418 e. The Balaban J connectivity index is 2.01. The predicted molar refractivity (Wildman–Crippen MR) is 143 cm³/mol. The highest BCUT2D eigenvalue weighted by Gasteiger charge is 2.61. The Kier molecular flexibility index (Phi) is 5.97. The normalized spacial score (nSPS) is 17.0. The number of aromatic nitrogens is 4. The Morgan fingerprint density at radius 1 is 1.00 bits per heavy atom. The Morgan fingerprint density at radius 3 is 2.20 bits per heavy atom. The molecule has 1 unspecified atom stereocenters. The maximum absolute atomic E-state index is 13.3. The summed E-state index contributed by atoms with van der Waals surface area (Å²) in [6.45, 7) is 5.72. The molecule has 40 heavy (non-hydrogen) atoms. The minimum atomic E-state index is -2.40. The van der Waals surface area contributed by atoms with E-state index in [1.165, 1.54) is 40.4 Å². The average molecular weight is 547 g/mol. The van der Waals surface area contributed by atoms with Gasteiger partial charge in [-0.05, 0) is 38.0 Å². The zero-order valence-corrected chi connectivity index (χ0v) is 22.9. The van der Waals surface area contributed by atoms with Crippen molar-refractivity contribution in [1.82, 2.24) is 29.3 Å². The van der Waals surface area contributed by atoms with Gasteiger partial charge in [0, 0.05) is 27.2 Å².